The minimum absolute atomic E-state index is 0.0683. The lowest BCUT2D eigenvalue weighted by atomic mass is 10.1. The molecule has 0 radical (unpaired) electrons. The standard InChI is InChI=1S/C22H26FNO5/c1-4-27-19-9-7-16(12-20(19)28-5-2)10-11-24-21(25)14-29-22(26)17-8-6-15(3)18(23)13-17/h6-9,12-13H,4-5,10-11,14H2,1-3H3,(H,24,25). The van der Waals surface area contributed by atoms with Gasteiger partial charge in [-0.2, -0.15) is 0 Å². The molecule has 2 rings (SSSR count). The smallest absolute Gasteiger partial charge is 0.338 e. The quantitative estimate of drug-likeness (QED) is 0.615. The number of nitrogens with one attached hydrogen (secondary N) is 1. The van der Waals surface area contributed by atoms with Gasteiger partial charge in [0.05, 0.1) is 18.8 Å². The average molecular weight is 403 g/mol. The number of hydrogen-bond acceptors (Lipinski definition) is 5. The summed E-state index contributed by atoms with van der Waals surface area (Å²) in [5.74, 6) is -0.321. The maximum absolute atomic E-state index is 13.5. The van der Waals surface area contributed by atoms with Gasteiger partial charge in [0, 0.05) is 6.54 Å². The molecular weight excluding hydrogens is 377 g/mol. The van der Waals surface area contributed by atoms with E-state index in [2.05, 4.69) is 5.32 Å². The van der Waals surface area contributed by atoms with Crippen LogP contribution in [0.15, 0.2) is 36.4 Å². The maximum atomic E-state index is 13.5. The molecule has 0 heterocycles. The molecule has 2 aromatic carbocycles. The van der Waals surface area contributed by atoms with Gasteiger partial charge in [-0.05, 0) is 62.6 Å². The Morgan fingerprint density at radius 3 is 2.41 bits per heavy atom. The molecule has 0 bridgehead atoms. The lowest BCUT2D eigenvalue weighted by molar-refractivity contribution is -0.124. The second-order valence-corrected chi connectivity index (χ2v) is 6.29. The Labute approximate surface area is 170 Å². The zero-order valence-corrected chi connectivity index (χ0v) is 16.9. The topological polar surface area (TPSA) is 73.9 Å². The number of rotatable bonds is 10. The van der Waals surface area contributed by atoms with Crippen LogP contribution in [0.4, 0.5) is 4.39 Å². The zero-order chi connectivity index (χ0) is 21.2. The molecule has 0 aliphatic rings. The van der Waals surface area contributed by atoms with E-state index in [4.69, 9.17) is 14.2 Å². The van der Waals surface area contributed by atoms with Crippen LogP contribution in [0.5, 0.6) is 11.5 Å². The van der Waals surface area contributed by atoms with Crippen LogP contribution in [0.3, 0.4) is 0 Å². The van der Waals surface area contributed by atoms with Crippen molar-refractivity contribution in [2.24, 2.45) is 0 Å². The lowest BCUT2D eigenvalue weighted by Gasteiger charge is -2.12. The minimum Gasteiger partial charge on any atom is -0.490 e. The van der Waals surface area contributed by atoms with Gasteiger partial charge in [-0.15, -0.1) is 0 Å². The van der Waals surface area contributed by atoms with Gasteiger partial charge >= 0.3 is 5.97 Å². The van der Waals surface area contributed by atoms with Gasteiger partial charge in [0.15, 0.2) is 18.1 Å². The van der Waals surface area contributed by atoms with Gasteiger partial charge in [-0.1, -0.05) is 12.1 Å². The number of hydrogen-bond donors (Lipinski definition) is 1. The van der Waals surface area contributed by atoms with E-state index in [1.54, 1.807) is 6.92 Å². The molecule has 0 aliphatic carbocycles. The van der Waals surface area contributed by atoms with Crippen LogP contribution in [-0.2, 0) is 16.0 Å². The number of halogens is 1. The molecule has 2 aromatic rings. The van der Waals surface area contributed by atoms with Crippen LogP contribution in [0.1, 0.15) is 35.3 Å². The number of carbonyl (C=O) groups is 2. The van der Waals surface area contributed by atoms with Gasteiger partial charge in [-0.3, -0.25) is 4.79 Å². The van der Waals surface area contributed by atoms with Crippen LogP contribution < -0.4 is 14.8 Å². The normalized spacial score (nSPS) is 10.3. The van der Waals surface area contributed by atoms with Crippen molar-refractivity contribution in [2.45, 2.75) is 27.2 Å². The van der Waals surface area contributed by atoms with E-state index in [-0.39, 0.29) is 5.56 Å². The lowest BCUT2D eigenvalue weighted by Crippen LogP contribution is -2.30. The molecule has 6 nitrogen and oxygen atoms in total. The fraction of sp³-hybridized carbons (Fsp3) is 0.364. The second kappa shape index (κ2) is 11.0. The van der Waals surface area contributed by atoms with Gasteiger partial charge in [0.2, 0.25) is 0 Å². The molecule has 7 heteroatoms. The van der Waals surface area contributed by atoms with E-state index < -0.39 is 24.3 Å². The van der Waals surface area contributed by atoms with Gasteiger partial charge in [-0.25, -0.2) is 9.18 Å². The number of esters is 1. The van der Waals surface area contributed by atoms with Crippen LogP contribution in [0, 0.1) is 12.7 Å². The van der Waals surface area contributed by atoms with E-state index in [0.29, 0.717) is 43.2 Å². The van der Waals surface area contributed by atoms with Crippen LogP contribution in [0.25, 0.3) is 0 Å². The zero-order valence-electron chi connectivity index (χ0n) is 16.9. The Bertz CT molecular complexity index is 853. The Hall–Kier alpha value is -3.09. The predicted octanol–water partition coefficient (Wildman–Crippen LogP) is 3.45. The Kier molecular flexibility index (Phi) is 8.45. The number of amides is 1. The molecular formula is C22H26FNO5. The molecule has 0 fully saturated rings. The summed E-state index contributed by atoms with van der Waals surface area (Å²) in [5.41, 5.74) is 1.48. The summed E-state index contributed by atoms with van der Waals surface area (Å²) in [6.07, 6.45) is 0.579. The number of ether oxygens (including phenoxy) is 3. The summed E-state index contributed by atoms with van der Waals surface area (Å²) in [5, 5.41) is 2.69. The SMILES string of the molecule is CCOc1ccc(CCNC(=O)COC(=O)c2ccc(C)c(F)c2)cc1OCC. The van der Waals surface area contributed by atoms with Crippen molar-refractivity contribution in [1.82, 2.24) is 5.32 Å². The third kappa shape index (κ3) is 6.78. The van der Waals surface area contributed by atoms with E-state index >= 15 is 0 Å². The molecule has 0 atom stereocenters. The Morgan fingerprint density at radius 2 is 1.72 bits per heavy atom. The van der Waals surface area contributed by atoms with Crippen molar-refractivity contribution in [1.29, 1.82) is 0 Å². The monoisotopic (exact) mass is 403 g/mol. The van der Waals surface area contributed by atoms with Crippen LogP contribution in [-0.4, -0.2) is 38.2 Å². The largest absolute Gasteiger partial charge is 0.490 e. The summed E-state index contributed by atoms with van der Waals surface area (Å²) < 4.78 is 29.5. The molecule has 0 saturated heterocycles. The number of carbonyl (C=O) groups excluding carboxylic acids is 2. The Balaban J connectivity index is 1.79. The highest BCUT2D eigenvalue weighted by atomic mass is 19.1. The highest BCUT2D eigenvalue weighted by Gasteiger charge is 2.12. The summed E-state index contributed by atoms with van der Waals surface area (Å²) in [6.45, 7) is 6.41. The molecule has 0 aliphatic heterocycles. The fourth-order valence-electron chi connectivity index (χ4n) is 2.58. The average Bonchev–Trinajstić information content (AvgIpc) is 2.70. The van der Waals surface area contributed by atoms with E-state index in [0.717, 1.165) is 11.6 Å². The second-order valence-electron chi connectivity index (χ2n) is 6.29. The number of aryl methyl sites for hydroxylation is 1. The molecule has 1 N–H and O–H groups in total. The minimum atomic E-state index is -0.744. The van der Waals surface area contributed by atoms with Crippen molar-refractivity contribution in [2.75, 3.05) is 26.4 Å². The maximum Gasteiger partial charge on any atom is 0.338 e. The molecule has 0 aromatic heterocycles. The Morgan fingerprint density at radius 1 is 1.00 bits per heavy atom. The van der Waals surface area contributed by atoms with Crippen LogP contribution in [0.2, 0.25) is 0 Å². The molecule has 156 valence electrons. The summed E-state index contributed by atoms with van der Waals surface area (Å²) in [6, 6.07) is 9.67. The third-order valence-corrected chi connectivity index (χ3v) is 4.09. The molecule has 0 saturated carbocycles. The van der Waals surface area contributed by atoms with Gasteiger partial charge in [0.1, 0.15) is 5.82 Å². The highest BCUT2D eigenvalue weighted by molar-refractivity contribution is 5.91. The van der Waals surface area contributed by atoms with Crippen molar-refractivity contribution in [3.63, 3.8) is 0 Å². The van der Waals surface area contributed by atoms with E-state index in [1.807, 2.05) is 32.0 Å². The third-order valence-electron chi connectivity index (χ3n) is 4.09. The molecule has 0 unspecified atom stereocenters. The summed E-state index contributed by atoms with van der Waals surface area (Å²) >= 11 is 0. The van der Waals surface area contributed by atoms with E-state index in [1.165, 1.54) is 12.1 Å². The first-order chi connectivity index (χ1) is 13.9. The van der Waals surface area contributed by atoms with Gasteiger partial charge in [0.25, 0.3) is 5.91 Å². The fourth-order valence-corrected chi connectivity index (χ4v) is 2.58. The van der Waals surface area contributed by atoms with E-state index in [9.17, 15) is 14.0 Å². The number of benzene rings is 2. The first-order valence-electron chi connectivity index (χ1n) is 9.53. The summed E-state index contributed by atoms with van der Waals surface area (Å²) in [4.78, 5) is 23.8. The van der Waals surface area contributed by atoms with Gasteiger partial charge < -0.3 is 19.5 Å². The molecule has 0 spiro atoms. The predicted molar refractivity (Wildman–Crippen MR) is 107 cm³/mol. The first-order valence-corrected chi connectivity index (χ1v) is 9.53. The van der Waals surface area contributed by atoms with Crippen LogP contribution >= 0.6 is 0 Å². The molecule has 1 amide bonds. The first kappa shape index (κ1) is 22.2. The van der Waals surface area contributed by atoms with Crippen molar-refractivity contribution in [3.05, 3.63) is 58.9 Å². The van der Waals surface area contributed by atoms with Crippen molar-refractivity contribution >= 4 is 11.9 Å². The van der Waals surface area contributed by atoms with Crippen molar-refractivity contribution in [3.8, 4) is 11.5 Å². The molecule has 29 heavy (non-hydrogen) atoms. The highest BCUT2D eigenvalue weighted by Crippen LogP contribution is 2.28. The summed E-state index contributed by atoms with van der Waals surface area (Å²) in [7, 11) is 0. The van der Waals surface area contributed by atoms with Crippen molar-refractivity contribution < 1.29 is 28.2 Å².